The Kier molecular flexibility index (Phi) is 23.8. The minimum absolute atomic E-state index is 0.0691. The predicted octanol–water partition coefficient (Wildman–Crippen LogP) is 3.79. The molecule has 0 saturated carbocycles. The molecule has 7 rings (SSSR count). The zero-order chi connectivity index (χ0) is 61.2. The van der Waals surface area contributed by atoms with Crippen LogP contribution in [0.4, 0.5) is 40.1 Å². The third kappa shape index (κ3) is 21.1. The Morgan fingerprint density at radius 2 is 0.965 bits per heavy atom. The van der Waals surface area contributed by atoms with E-state index in [1.54, 1.807) is 30.3 Å². The van der Waals surface area contributed by atoms with Gasteiger partial charge in [0, 0.05) is 25.9 Å². The van der Waals surface area contributed by atoms with Crippen LogP contribution in [-0.2, 0) is 48.6 Å². The molecule has 27 heteroatoms. The SMILES string of the molecule is CC(CCc1ccc(NC(=O)NC(=O)NC(N)=NC(=O)NCCCn2cc[n+](Cc3ccc(C[n+]4ccn(CCCNC(=O)N=C(N)NC(=O)NC(=O)Nc5ccc(CNC(C)c6ccccc6B=O)cc5)c4)cc3)c2)cc1)c1ccccc1B=O. The summed E-state index contributed by atoms with van der Waals surface area (Å²) in [6.07, 6.45) is 14.5. The van der Waals surface area contributed by atoms with E-state index in [-0.39, 0.29) is 25.0 Å². The molecule has 25 nitrogen and oxygen atoms in total. The molecular formula is C59H69B2N17O8+2. The number of aryl methyl sites for hydroxylation is 3. The van der Waals surface area contributed by atoms with E-state index >= 15 is 0 Å². The van der Waals surface area contributed by atoms with Crippen molar-refractivity contribution in [1.82, 2.24) is 46.4 Å². The second-order valence-electron chi connectivity index (χ2n) is 20.1. The van der Waals surface area contributed by atoms with Crippen LogP contribution in [0, 0.1) is 0 Å². The molecule has 0 spiro atoms. The number of hydrogen-bond acceptors (Lipinski definition) is 9. The predicted molar refractivity (Wildman–Crippen MR) is 324 cm³/mol. The van der Waals surface area contributed by atoms with Crippen LogP contribution < -0.4 is 79.4 Å². The van der Waals surface area contributed by atoms with Gasteiger partial charge in [0.15, 0.2) is 0 Å². The first-order chi connectivity index (χ1) is 41.6. The first-order valence-corrected chi connectivity index (χ1v) is 27.8. The Hall–Kier alpha value is -10.4. The molecule has 0 aliphatic carbocycles. The van der Waals surface area contributed by atoms with Crippen LogP contribution in [-0.4, -0.2) is 84.6 Å². The number of aromatic nitrogens is 4. The minimum atomic E-state index is -0.983. The first-order valence-electron chi connectivity index (χ1n) is 27.8. The van der Waals surface area contributed by atoms with Gasteiger partial charge >= 0.3 is 283 Å². The maximum absolute atomic E-state index is 12.4. The van der Waals surface area contributed by atoms with E-state index in [0.29, 0.717) is 67.9 Å². The van der Waals surface area contributed by atoms with E-state index in [2.05, 4.69) is 98.2 Å². The Morgan fingerprint density at radius 3 is 1.44 bits per heavy atom. The quantitative estimate of drug-likeness (QED) is 0.0136. The molecular weight excluding hydrogens is 1100 g/mol. The van der Waals surface area contributed by atoms with Crippen molar-refractivity contribution in [3.8, 4) is 0 Å². The van der Waals surface area contributed by atoms with Gasteiger partial charge in [-0.2, -0.15) is 9.98 Å². The summed E-state index contributed by atoms with van der Waals surface area (Å²) in [5, 5.41) is 22.2. The van der Waals surface area contributed by atoms with Gasteiger partial charge in [-0.1, -0.05) is 24.3 Å². The number of aliphatic imine (C=N–C) groups is 2. The topological polar surface area (TPSA) is 339 Å². The van der Waals surface area contributed by atoms with Crippen molar-refractivity contribution in [2.75, 3.05) is 23.7 Å². The summed E-state index contributed by atoms with van der Waals surface area (Å²) >= 11 is 0. The zero-order valence-corrected chi connectivity index (χ0v) is 47.7. The summed E-state index contributed by atoms with van der Waals surface area (Å²) in [6.45, 7) is 7.66. The summed E-state index contributed by atoms with van der Waals surface area (Å²) in [5.41, 5.74) is 19.8. The number of hydrogen-bond donors (Lipinski definition) is 11. The van der Waals surface area contributed by atoms with E-state index in [4.69, 9.17) is 11.5 Å². The molecule has 86 heavy (non-hydrogen) atoms. The molecule has 442 valence electrons. The second kappa shape index (κ2) is 32.4. The fraction of sp³-hybridized carbons (Fsp3) is 0.254. The molecule has 0 bridgehead atoms. The molecule has 12 amide bonds. The van der Waals surface area contributed by atoms with Gasteiger partial charge in [-0.3, -0.25) is 10.6 Å². The Labute approximate surface area is 498 Å². The number of nitrogens with zero attached hydrogens (tertiary/aromatic N) is 6. The van der Waals surface area contributed by atoms with Gasteiger partial charge in [0.05, 0.1) is 13.1 Å². The Balaban J connectivity index is 0.709. The van der Waals surface area contributed by atoms with E-state index in [0.717, 1.165) is 60.5 Å². The van der Waals surface area contributed by atoms with Crippen LogP contribution in [0.25, 0.3) is 0 Å². The van der Waals surface area contributed by atoms with Crippen molar-refractivity contribution in [1.29, 1.82) is 0 Å². The van der Waals surface area contributed by atoms with Gasteiger partial charge < -0.3 is 22.1 Å². The fourth-order valence-corrected chi connectivity index (χ4v) is 9.05. The summed E-state index contributed by atoms with van der Waals surface area (Å²) in [5.74, 6) is -0.810. The molecule has 0 aliphatic heterocycles. The molecule has 2 heterocycles. The summed E-state index contributed by atoms with van der Waals surface area (Å²) in [6, 6.07) is 32.2. The van der Waals surface area contributed by atoms with Crippen molar-refractivity contribution >= 4 is 84.7 Å². The van der Waals surface area contributed by atoms with Crippen LogP contribution in [0.3, 0.4) is 0 Å². The Morgan fingerprint density at radius 1 is 0.535 bits per heavy atom. The number of benzene rings is 5. The van der Waals surface area contributed by atoms with Gasteiger partial charge in [-0.05, 0) is 11.1 Å². The van der Waals surface area contributed by atoms with Gasteiger partial charge in [0.2, 0.25) is 24.6 Å². The van der Waals surface area contributed by atoms with Crippen molar-refractivity contribution in [3.63, 3.8) is 0 Å². The summed E-state index contributed by atoms with van der Waals surface area (Å²) in [4.78, 5) is 81.5. The number of amides is 12. The molecule has 13 N–H and O–H groups in total. The number of nitrogens with two attached hydrogens (primary N) is 2. The average Bonchev–Trinajstić information content (AvgIpc) is 4.32. The number of carbonyl (C=O) groups is 6. The number of anilines is 2. The summed E-state index contributed by atoms with van der Waals surface area (Å²) < 4.78 is 30.9. The van der Waals surface area contributed by atoms with Gasteiger partial charge in [-0.25, -0.2) is 37.4 Å². The van der Waals surface area contributed by atoms with Crippen molar-refractivity contribution < 1.29 is 47.3 Å². The number of guanidine groups is 2. The van der Waals surface area contributed by atoms with Crippen molar-refractivity contribution in [2.45, 2.75) is 84.2 Å². The van der Waals surface area contributed by atoms with Crippen molar-refractivity contribution in [2.24, 2.45) is 21.5 Å². The monoisotopic (exact) mass is 1170 g/mol. The van der Waals surface area contributed by atoms with E-state index in [1.807, 2.05) is 120 Å². The first kappa shape index (κ1) is 63.2. The molecule has 0 fully saturated rings. The normalized spacial score (nSPS) is 11.9. The van der Waals surface area contributed by atoms with Crippen LogP contribution in [0.2, 0.25) is 0 Å². The van der Waals surface area contributed by atoms with Gasteiger partial charge in [0.25, 0.3) is 0 Å². The van der Waals surface area contributed by atoms with E-state index in [1.165, 1.54) is 0 Å². The third-order valence-electron chi connectivity index (χ3n) is 13.5. The van der Waals surface area contributed by atoms with Crippen LogP contribution >= 0.6 is 0 Å². The standard InChI is InChI=1S/C59H67B2N17O8/c1-40(48-9-3-5-11-50(48)60-85)13-14-42-19-23-46(24-20-42)67-56(81)73-58(83)71-52(62)69-54(79)64-27-7-29-75-31-33-77(38-75)36-44-15-17-45(18-16-44)37-78-34-32-76(39-78)30-8-28-65-55(80)70-53(63)72-59(84)74-57(82)68-47-25-21-43(22-26-47)35-66-41(2)49-10-4-6-12-51(49)61-86/h3-6,9-12,15-26,31-34,38-41,66H,7-8,13-14,27-30,35-37H2,1-2H3,(H10-2,62,63,64,65,67,68,69,70,71,72,73,74,79,80,81,82,83,84)/p+2. The van der Waals surface area contributed by atoms with Crippen LogP contribution in [0.5, 0.6) is 0 Å². The number of rotatable bonds is 24. The number of urea groups is 6. The molecule has 2 unspecified atom stereocenters. The fourth-order valence-electron chi connectivity index (χ4n) is 9.05. The molecule has 0 radical (unpaired) electrons. The molecule has 2 aromatic heterocycles. The molecule has 0 saturated heterocycles. The molecule has 5 aromatic carbocycles. The average molecular weight is 1170 g/mol. The molecule has 7 aromatic rings. The van der Waals surface area contributed by atoms with Gasteiger partial charge in [0.1, 0.15) is 37.9 Å². The number of nitrogens with one attached hydrogen (secondary N) is 9. The second-order valence-corrected chi connectivity index (χ2v) is 20.1. The summed E-state index contributed by atoms with van der Waals surface area (Å²) in [7, 11) is 1.70. The molecule has 0 aliphatic rings. The third-order valence-corrected chi connectivity index (χ3v) is 13.5. The van der Waals surface area contributed by atoms with Crippen molar-refractivity contribution in [3.05, 3.63) is 192 Å². The van der Waals surface area contributed by atoms with E-state index in [9.17, 15) is 38.2 Å². The number of carbonyl (C=O) groups excluding carboxylic acids is 6. The van der Waals surface area contributed by atoms with Crippen LogP contribution in [0.1, 0.15) is 78.5 Å². The van der Waals surface area contributed by atoms with E-state index < -0.39 is 48.1 Å². The zero-order valence-electron chi connectivity index (χ0n) is 47.7. The number of imidazole rings is 2. The van der Waals surface area contributed by atoms with Crippen LogP contribution in [0.15, 0.2) is 169 Å². The Bertz CT molecular complexity index is 3310. The van der Waals surface area contributed by atoms with Gasteiger partial charge in [-0.15, -0.1) is 0 Å². The maximum atomic E-state index is 12.4. The number of imide groups is 2. The molecule has 2 atom stereocenters.